The van der Waals surface area contributed by atoms with Crippen LogP contribution in [-0.2, 0) is 9.53 Å². The summed E-state index contributed by atoms with van der Waals surface area (Å²) in [5, 5.41) is 5.80. The molecule has 0 bridgehead atoms. The predicted octanol–water partition coefficient (Wildman–Crippen LogP) is 5.15. The number of ether oxygens (including phenoxy) is 1. The molecule has 2 heterocycles. The van der Waals surface area contributed by atoms with Crippen LogP contribution < -0.4 is 5.32 Å². The molecular weight excluding hydrogens is 404 g/mol. The number of nitrogens with zero attached hydrogens (tertiary/aromatic N) is 1. The lowest BCUT2D eigenvalue weighted by molar-refractivity contribution is -0.137. The molecular formula is C26H30N2O2S. The molecule has 0 radical (unpaired) electrons. The first kappa shape index (κ1) is 21.8. The van der Waals surface area contributed by atoms with Crippen molar-refractivity contribution in [3.05, 3.63) is 93.7 Å². The zero-order chi connectivity index (χ0) is 21.6. The molecule has 4 nitrogen and oxygen atoms in total. The van der Waals surface area contributed by atoms with Crippen molar-refractivity contribution >= 4 is 17.2 Å². The lowest BCUT2D eigenvalue weighted by atomic mass is 9.96. The molecule has 0 spiro atoms. The number of carbonyl (C=O) groups excluding carboxylic acids is 1. The molecule has 1 saturated heterocycles. The fourth-order valence-electron chi connectivity index (χ4n) is 3.96. The van der Waals surface area contributed by atoms with Crippen molar-refractivity contribution in [3.63, 3.8) is 0 Å². The zero-order valence-electron chi connectivity index (χ0n) is 18.2. The summed E-state index contributed by atoms with van der Waals surface area (Å²) in [6.45, 7) is 6.87. The minimum Gasteiger partial charge on any atom is -0.378 e. The van der Waals surface area contributed by atoms with E-state index in [-0.39, 0.29) is 11.9 Å². The number of amides is 1. The Morgan fingerprint density at radius 3 is 2.19 bits per heavy atom. The van der Waals surface area contributed by atoms with E-state index < -0.39 is 6.04 Å². The Balaban J connectivity index is 1.67. The third kappa shape index (κ3) is 5.24. The first-order valence-electron chi connectivity index (χ1n) is 10.9. The number of hydrogen-bond acceptors (Lipinski definition) is 4. The van der Waals surface area contributed by atoms with Crippen LogP contribution in [-0.4, -0.2) is 37.1 Å². The van der Waals surface area contributed by atoms with E-state index in [4.69, 9.17) is 4.74 Å². The largest absolute Gasteiger partial charge is 0.378 e. The Hall–Kier alpha value is -2.47. The Bertz CT molecular complexity index is 949. The summed E-state index contributed by atoms with van der Waals surface area (Å²) >= 11 is 1.71. The van der Waals surface area contributed by atoms with Crippen molar-refractivity contribution < 1.29 is 9.53 Å². The van der Waals surface area contributed by atoms with Crippen molar-refractivity contribution in [3.8, 4) is 0 Å². The summed E-state index contributed by atoms with van der Waals surface area (Å²) in [4.78, 5) is 16.7. The number of benzene rings is 2. The third-order valence-corrected chi connectivity index (χ3v) is 6.74. The van der Waals surface area contributed by atoms with Gasteiger partial charge in [-0.3, -0.25) is 10.1 Å². The van der Waals surface area contributed by atoms with E-state index >= 15 is 0 Å². The van der Waals surface area contributed by atoms with Gasteiger partial charge in [0.25, 0.3) is 0 Å². The molecule has 1 amide bonds. The van der Waals surface area contributed by atoms with Gasteiger partial charge in [0.05, 0.1) is 19.3 Å². The van der Waals surface area contributed by atoms with Crippen LogP contribution in [0.3, 0.4) is 0 Å². The standard InChI is InChI=1S/C26H30N2O2S/c1-19(2)20-10-12-22(13-11-20)24(23-9-6-18-31-23)27-25(21-7-4-3-5-8-21)26(29)28-14-16-30-17-15-28/h3-13,18-19,24-25,27H,14-17H2,1-2H3. The van der Waals surface area contributed by atoms with Gasteiger partial charge in [-0.1, -0.05) is 74.5 Å². The molecule has 1 aliphatic rings. The highest BCUT2D eigenvalue weighted by Gasteiger charge is 2.30. The highest BCUT2D eigenvalue weighted by molar-refractivity contribution is 7.10. The molecule has 2 aromatic carbocycles. The normalized spacial score (nSPS) is 16.3. The quantitative estimate of drug-likeness (QED) is 0.559. The summed E-state index contributed by atoms with van der Waals surface area (Å²) in [7, 11) is 0. The van der Waals surface area contributed by atoms with Crippen LogP contribution in [0.5, 0.6) is 0 Å². The summed E-state index contributed by atoms with van der Waals surface area (Å²) in [5.74, 6) is 0.594. The third-order valence-electron chi connectivity index (χ3n) is 5.80. The van der Waals surface area contributed by atoms with Crippen molar-refractivity contribution in [2.45, 2.75) is 31.8 Å². The highest BCUT2D eigenvalue weighted by atomic mass is 32.1. The van der Waals surface area contributed by atoms with Crippen LogP contribution in [0.2, 0.25) is 0 Å². The van der Waals surface area contributed by atoms with Crippen LogP contribution in [0.4, 0.5) is 0 Å². The van der Waals surface area contributed by atoms with Gasteiger partial charge in [-0.25, -0.2) is 0 Å². The van der Waals surface area contributed by atoms with Crippen molar-refractivity contribution in [2.75, 3.05) is 26.3 Å². The molecule has 4 rings (SSSR count). The maximum absolute atomic E-state index is 13.6. The van der Waals surface area contributed by atoms with E-state index in [2.05, 4.69) is 60.9 Å². The van der Waals surface area contributed by atoms with Crippen molar-refractivity contribution in [1.82, 2.24) is 10.2 Å². The van der Waals surface area contributed by atoms with E-state index in [1.54, 1.807) is 11.3 Å². The molecule has 1 aromatic heterocycles. The van der Waals surface area contributed by atoms with Crippen LogP contribution >= 0.6 is 11.3 Å². The lowest BCUT2D eigenvalue weighted by Gasteiger charge is -2.33. The first-order chi connectivity index (χ1) is 15.1. The van der Waals surface area contributed by atoms with Gasteiger partial charge in [0, 0.05) is 18.0 Å². The highest BCUT2D eigenvalue weighted by Crippen LogP contribution is 2.31. The second-order valence-electron chi connectivity index (χ2n) is 8.22. The van der Waals surface area contributed by atoms with E-state index in [1.165, 1.54) is 16.0 Å². The molecule has 2 atom stereocenters. The average molecular weight is 435 g/mol. The lowest BCUT2D eigenvalue weighted by Crippen LogP contribution is -2.47. The van der Waals surface area contributed by atoms with Crippen LogP contribution in [0.1, 0.15) is 53.4 Å². The number of morpholine rings is 1. The van der Waals surface area contributed by atoms with Gasteiger partial charge >= 0.3 is 0 Å². The van der Waals surface area contributed by atoms with Crippen molar-refractivity contribution in [1.29, 1.82) is 0 Å². The molecule has 1 fully saturated rings. The SMILES string of the molecule is CC(C)c1ccc(C(NC(C(=O)N2CCOCC2)c2ccccc2)c2cccs2)cc1. The van der Waals surface area contributed by atoms with Gasteiger partial charge in [-0.2, -0.15) is 0 Å². The van der Waals surface area contributed by atoms with Crippen LogP contribution in [0.25, 0.3) is 0 Å². The Morgan fingerprint density at radius 1 is 0.903 bits per heavy atom. The molecule has 0 saturated carbocycles. The van der Waals surface area contributed by atoms with Gasteiger partial charge in [0.1, 0.15) is 6.04 Å². The predicted molar refractivity (Wildman–Crippen MR) is 126 cm³/mol. The Labute approximate surface area is 188 Å². The monoisotopic (exact) mass is 434 g/mol. The molecule has 1 aliphatic heterocycles. The minimum absolute atomic E-state index is 0.0589. The first-order valence-corrected chi connectivity index (χ1v) is 11.8. The molecule has 31 heavy (non-hydrogen) atoms. The molecule has 5 heteroatoms. The maximum Gasteiger partial charge on any atom is 0.244 e. The van der Waals surface area contributed by atoms with Crippen molar-refractivity contribution in [2.24, 2.45) is 0 Å². The second kappa shape index (κ2) is 10.2. The number of thiophene rings is 1. The number of hydrogen-bond donors (Lipinski definition) is 1. The van der Waals surface area contributed by atoms with Gasteiger partial charge in [0.15, 0.2) is 0 Å². The Morgan fingerprint density at radius 2 is 1.58 bits per heavy atom. The van der Waals surface area contributed by atoms with Crippen LogP contribution in [0.15, 0.2) is 72.1 Å². The molecule has 1 N–H and O–H groups in total. The van der Waals surface area contributed by atoms with Gasteiger partial charge in [-0.05, 0) is 34.1 Å². The topological polar surface area (TPSA) is 41.6 Å². The molecule has 2 unspecified atom stereocenters. The van der Waals surface area contributed by atoms with E-state index in [0.717, 1.165) is 5.56 Å². The number of rotatable bonds is 7. The second-order valence-corrected chi connectivity index (χ2v) is 9.20. The molecule has 162 valence electrons. The Kier molecular flexibility index (Phi) is 7.17. The summed E-state index contributed by atoms with van der Waals surface area (Å²) in [6, 6.07) is 22.5. The summed E-state index contributed by atoms with van der Waals surface area (Å²) < 4.78 is 5.46. The van der Waals surface area contributed by atoms with Gasteiger partial charge in [-0.15, -0.1) is 11.3 Å². The van der Waals surface area contributed by atoms with Gasteiger partial charge in [0.2, 0.25) is 5.91 Å². The maximum atomic E-state index is 13.6. The zero-order valence-corrected chi connectivity index (χ0v) is 19.0. The van der Waals surface area contributed by atoms with Crippen LogP contribution in [0, 0.1) is 0 Å². The van der Waals surface area contributed by atoms with Gasteiger partial charge < -0.3 is 9.64 Å². The fourth-order valence-corrected chi connectivity index (χ4v) is 4.77. The van der Waals surface area contributed by atoms with E-state index in [1.807, 2.05) is 35.2 Å². The molecule has 3 aromatic rings. The molecule has 0 aliphatic carbocycles. The fraction of sp³-hybridized carbons (Fsp3) is 0.346. The smallest absolute Gasteiger partial charge is 0.244 e. The van der Waals surface area contributed by atoms with E-state index in [0.29, 0.717) is 32.2 Å². The average Bonchev–Trinajstić information content (AvgIpc) is 3.35. The minimum atomic E-state index is -0.420. The number of nitrogens with one attached hydrogen (secondary N) is 1. The summed E-state index contributed by atoms with van der Waals surface area (Å²) in [6.07, 6.45) is 0. The summed E-state index contributed by atoms with van der Waals surface area (Å²) in [5.41, 5.74) is 3.47. The van der Waals surface area contributed by atoms with E-state index in [9.17, 15) is 4.79 Å². The number of carbonyl (C=O) groups is 1.